The van der Waals surface area contributed by atoms with Gasteiger partial charge in [0.2, 0.25) is 5.91 Å². The maximum Gasteiger partial charge on any atom is 0.241 e. The summed E-state index contributed by atoms with van der Waals surface area (Å²) in [5.74, 6) is 0.367. The molecule has 1 aliphatic heterocycles. The van der Waals surface area contributed by atoms with E-state index in [0.29, 0.717) is 6.54 Å². The van der Waals surface area contributed by atoms with Crippen molar-refractivity contribution in [2.45, 2.75) is 45.2 Å². The number of amides is 1. The van der Waals surface area contributed by atoms with Crippen molar-refractivity contribution in [1.29, 1.82) is 0 Å². The topological polar surface area (TPSA) is 49.4 Å². The number of hydrogen-bond acceptors (Lipinski definition) is 4. The van der Waals surface area contributed by atoms with E-state index in [-0.39, 0.29) is 29.3 Å². The van der Waals surface area contributed by atoms with Crippen molar-refractivity contribution in [2.75, 3.05) is 12.8 Å². The lowest BCUT2D eigenvalue weighted by Gasteiger charge is -2.25. The van der Waals surface area contributed by atoms with Crippen molar-refractivity contribution in [2.24, 2.45) is 5.92 Å². The second-order valence-corrected chi connectivity index (χ2v) is 9.16. The van der Waals surface area contributed by atoms with Crippen LogP contribution in [-0.4, -0.2) is 39.1 Å². The molecule has 0 radical (unpaired) electrons. The summed E-state index contributed by atoms with van der Waals surface area (Å²) in [5, 5.41) is 3.43. The number of hydrogen-bond donors (Lipinski definition) is 1. The van der Waals surface area contributed by atoms with Gasteiger partial charge in [-0.25, -0.2) is 0 Å². The lowest BCUT2D eigenvalue weighted by molar-refractivity contribution is -0.130. The molecule has 1 saturated heterocycles. The average Bonchev–Trinajstić information content (AvgIpc) is 2.95. The van der Waals surface area contributed by atoms with Crippen molar-refractivity contribution in [3.63, 3.8) is 0 Å². The summed E-state index contributed by atoms with van der Waals surface area (Å²) >= 11 is 1.71. The van der Waals surface area contributed by atoms with Crippen LogP contribution < -0.4 is 5.32 Å². The van der Waals surface area contributed by atoms with E-state index in [9.17, 15) is 9.00 Å². The first-order valence-electron chi connectivity index (χ1n) is 7.26. The van der Waals surface area contributed by atoms with Crippen LogP contribution in [0.5, 0.6) is 0 Å². The minimum Gasteiger partial charge on any atom is -0.320 e. The molecule has 2 rings (SSSR count). The molecule has 4 atom stereocenters. The highest BCUT2D eigenvalue weighted by molar-refractivity contribution is 7.84. The molecule has 1 aromatic heterocycles. The third-order valence-electron chi connectivity index (χ3n) is 3.92. The minimum atomic E-state index is -0.928. The highest BCUT2D eigenvalue weighted by Gasteiger charge is 2.42. The number of nitrogens with zero attached hydrogens (tertiary/aromatic N) is 1. The predicted octanol–water partition coefficient (Wildman–Crippen LogP) is 2.28. The Kier molecular flexibility index (Phi) is 5.22. The van der Waals surface area contributed by atoms with Crippen molar-refractivity contribution < 1.29 is 9.00 Å². The number of carbonyl (C=O) groups excluding carboxylic acids is 1. The zero-order valence-corrected chi connectivity index (χ0v) is 14.9. The molecular formula is C15H24N2O2S2. The molecule has 1 aliphatic rings. The molecule has 0 aromatic carbocycles. The molecule has 0 saturated carbocycles. The predicted molar refractivity (Wildman–Crippen MR) is 88.8 cm³/mol. The van der Waals surface area contributed by atoms with Gasteiger partial charge in [0.05, 0.1) is 6.04 Å². The standard InChI is InChI=1S/C15H24N2O2S2/c1-9(2)13-15(18)17(8-11(4)21(5)19)14(16-13)12-7-6-10(3)20-12/h6-7,9,11,13-14,16H,8H2,1-5H3. The van der Waals surface area contributed by atoms with Gasteiger partial charge in [-0.3, -0.25) is 14.3 Å². The van der Waals surface area contributed by atoms with Crippen LogP contribution in [0.25, 0.3) is 0 Å². The van der Waals surface area contributed by atoms with E-state index in [2.05, 4.69) is 38.2 Å². The van der Waals surface area contributed by atoms with E-state index >= 15 is 0 Å². The fourth-order valence-corrected chi connectivity index (χ4v) is 3.85. The van der Waals surface area contributed by atoms with Gasteiger partial charge in [-0.15, -0.1) is 11.3 Å². The smallest absolute Gasteiger partial charge is 0.241 e. The van der Waals surface area contributed by atoms with E-state index in [1.165, 1.54) is 4.88 Å². The molecule has 2 heterocycles. The van der Waals surface area contributed by atoms with Gasteiger partial charge in [0.15, 0.2) is 0 Å². The van der Waals surface area contributed by atoms with Crippen molar-refractivity contribution in [3.05, 3.63) is 21.9 Å². The van der Waals surface area contributed by atoms with E-state index in [4.69, 9.17) is 0 Å². The Hall–Kier alpha value is -0.720. The summed E-state index contributed by atoms with van der Waals surface area (Å²) in [4.78, 5) is 16.9. The second kappa shape index (κ2) is 6.58. The monoisotopic (exact) mass is 328 g/mol. The van der Waals surface area contributed by atoms with Crippen LogP contribution in [-0.2, 0) is 15.6 Å². The van der Waals surface area contributed by atoms with Crippen molar-refractivity contribution in [3.8, 4) is 0 Å². The fourth-order valence-electron chi connectivity index (χ4n) is 2.53. The largest absolute Gasteiger partial charge is 0.320 e. The maximum atomic E-state index is 12.7. The lowest BCUT2D eigenvalue weighted by atomic mass is 10.1. The van der Waals surface area contributed by atoms with Gasteiger partial charge >= 0.3 is 0 Å². The Morgan fingerprint density at radius 1 is 1.38 bits per heavy atom. The van der Waals surface area contributed by atoms with Crippen LogP contribution in [0.3, 0.4) is 0 Å². The first-order chi connectivity index (χ1) is 9.81. The Balaban J connectivity index is 2.27. The molecular weight excluding hydrogens is 304 g/mol. The Bertz CT molecular complexity index is 542. The molecule has 1 N–H and O–H groups in total. The summed E-state index contributed by atoms with van der Waals surface area (Å²) in [5.41, 5.74) is 0. The number of rotatable bonds is 5. The van der Waals surface area contributed by atoms with Gasteiger partial charge in [0.25, 0.3) is 0 Å². The van der Waals surface area contributed by atoms with E-state index < -0.39 is 10.8 Å². The van der Waals surface area contributed by atoms with Crippen molar-refractivity contribution in [1.82, 2.24) is 10.2 Å². The van der Waals surface area contributed by atoms with Gasteiger partial charge in [0, 0.05) is 38.6 Å². The highest BCUT2D eigenvalue weighted by atomic mass is 32.2. The van der Waals surface area contributed by atoms with Crippen LogP contribution >= 0.6 is 11.3 Å². The quantitative estimate of drug-likeness (QED) is 0.902. The molecule has 1 amide bonds. The second-order valence-electron chi connectivity index (χ2n) is 6.04. The van der Waals surface area contributed by atoms with Crippen LogP contribution in [0.15, 0.2) is 12.1 Å². The van der Waals surface area contributed by atoms with Crippen LogP contribution in [0, 0.1) is 12.8 Å². The average molecular weight is 329 g/mol. The normalized spacial score (nSPS) is 25.6. The van der Waals surface area contributed by atoms with E-state index in [1.54, 1.807) is 17.6 Å². The molecule has 0 aliphatic carbocycles. The van der Waals surface area contributed by atoms with Gasteiger partial charge in [-0.2, -0.15) is 0 Å². The summed E-state index contributed by atoms with van der Waals surface area (Å²) in [6.45, 7) is 8.63. The summed E-state index contributed by atoms with van der Waals surface area (Å²) in [6, 6.07) is 4.00. The molecule has 0 bridgehead atoms. The van der Waals surface area contributed by atoms with Crippen LogP contribution in [0.1, 0.15) is 36.7 Å². The first-order valence-corrected chi connectivity index (χ1v) is 9.70. The van der Waals surface area contributed by atoms with Gasteiger partial charge < -0.3 is 4.90 Å². The van der Waals surface area contributed by atoms with E-state index in [0.717, 1.165) is 4.88 Å². The Morgan fingerprint density at radius 3 is 2.52 bits per heavy atom. The zero-order valence-electron chi connectivity index (χ0n) is 13.3. The minimum absolute atomic E-state index is 0.0229. The zero-order chi connectivity index (χ0) is 15.7. The molecule has 1 aromatic rings. The summed E-state index contributed by atoms with van der Waals surface area (Å²) in [7, 11) is -0.928. The summed E-state index contributed by atoms with van der Waals surface area (Å²) in [6.07, 6.45) is 1.61. The maximum absolute atomic E-state index is 12.7. The number of aryl methyl sites for hydroxylation is 1. The number of nitrogens with one attached hydrogen (secondary N) is 1. The van der Waals surface area contributed by atoms with Gasteiger partial charge in [0.1, 0.15) is 6.17 Å². The van der Waals surface area contributed by atoms with Crippen LogP contribution in [0.4, 0.5) is 0 Å². The lowest BCUT2D eigenvalue weighted by Crippen LogP contribution is -2.38. The molecule has 6 heteroatoms. The molecule has 4 nitrogen and oxygen atoms in total. The van der Waals surface area contributed by atoms with Crippen LogP contribution in [0.2, 0.25) is 0 Å². The van der Waals surface area contributed by atoms with Gasteiger partial charge in [-0.1, -0.05) is 13.8 Å². The summed E-state index contributed by atoms with van der Waals surface area (Å²) < 4.78 is 11.7. The molecule has 0 spiro atoms. The third kappa shape index (κ3) is 3.55. The van der Waals surface area contributed by atoms with E-state index in [1.807, 2.05) is 11.8 Å². The highest BCUT2D eigenvalue weighted by Crippen LogP contribution is 2.32. The SMILES string of the molecule is Cc1ccc(C2NC(C(C)C)C(=O)N2CC(C)S(C)=O)s1. The Morgan fingerprint density at radius 2 is 2.05 bits per heavy atom. The number of carbonyl (C=O) groups is 1. The molecule has 118 valence electrons. The third-order valence-corrected chi connectivity index (χ3v) is 6.25. The molecule has 21 heavy (non-hydrogen) atoms. The Labute approximate surface area is 133 Å². The first kappa shape index (κ1) is 16.6. The molecule has 1 fully saturated rings. The van der Waals surface area contributed by atoms with Gasteiger partial charge in [-0.05, 0) is 31.9 Å². The fraction of sp³-hybridized carbons (Fsp3) is 0.667. The van der Waals surface area contributed by atoms with Crippen molar-refractivity contribution >= 4 is 28.0 Å². The molecule has 4 unspecified atom stereocenters. The number of thiophene rings is 1.